The van der Waals surface area contributed by atoms with Gasteiger partial charge in [-0.05, 0) is 13.3 Å². The molecular formula is C8H12N2O2. The van der Waals surface area contributed by atoms with Crippen LogP contribution in [0.3, 0.4) is 0 Å². The van der Waals surface area contributed by atoms with E-state index in [-0.39, 0.29) is 17.9 Å². The number of allylic oxidation sites excluding steroid dienone is 1. The number of urea groups is 1. The summed E-state index contributed by atoms with van der Waals surface area (Å²) in [6.45, 7) is 5.36. The van der Waals surface area contributed by atoms with Crippen LogP contribution in [0.4, 0.5) is 4.79 Å². The molecule has 1 aliphatic heterocycles. The third-order valence-corrected chi connectivity index (χ3v) is 1.96. The average Bonchev–Trinajstić information content (AvgIpc) is 1.96. The van der Waals surface area contributed by atoms with Gasteiger partial charge in [-0.25, -0.2) is 4.79 Å². The smallest absolute Gasteiger partial charge is 0.321 e. The van der Waals surface area contributed by atoms with E-state index in [4.69, 9.17) is 0 Å². The van der Waals surface area contributed by atoms with E-state index in [9.17, 15) is 9.59 Å². The van der Waals surface area contributed by atoms with E-state index >= 15 is 0 Å². The number of carbonyl (C=O) groups is 2. The van der Waals surface area contributed by atoms with Crippen molar-refractivity contribution in [3.8, 4) is 0 Å². The van der Waals surface area contributed by atoms with Crippen LogP contribution < -0.4 is 10.6 Å². The molecule has 0 aliphatic carbocycles. The molecule has 0 radical (unpaired) electrons. The summed E-state index contributed by atoms with van der Waals surface area (Å²) in [5, 5.41) is 4.83. The first-order valence-electron chi connectivity index (χ1n) is 3.87. The van der Waals surface area contributed by atoms with Gasteiger partial charge in [0.25, 0.3) is 0 Å². The first-order chi connectivity index (χ1) is 5.65. The van der Waals surface area contributed by atoms with E-state index in [0.717, 1.165) is 0 Å². The molecule has 0 aromatic carbocycles. The first kappa shape index (κ1) is 8.77. The molecule has 2 N–H and O–H groups in total. The Labute approximate surface area is 71.0 Å². The molecule has 66 valence electrons. The predicted octanol–water partition coefficient (Wildman–Crippen LogP) is 0.407. The van der Waals surface area contributed by atoms with Gasteiger partial charge < -0.3 is 5.32 Å². The Hall–Kier alpha value is -1.32. The Morgan fingerprint density at radius 1 is 1.58 bits per heavy atom. The normalized spacial score (nSPS) is 29.1. The number of imide groups is 1. The lowest BCUT2D eigenvalue weighted by Gasteiger charge is -2.27. The maximum absolute atomic E-state index is 11.2. The number of hydrogen-bond donors (Lipinski definition) is 2. The molecule has 1 rings (SSSR count). The van der Waals surface area contributed by atoms with Gasteiger partial charge in [0.2, 0.25) is 5.91 Å². The van der Waals surface area contributed by atoms with Gasteiger partial charge in [-0.3, -0.25) is 10.1 Å². The molecule has 1 saturated heterocycles. The monoisotopic (exact) mass is 168 g/mol. The first-order valence-corrected chi connectivity index (χ1v) is 3.87. The van der Waals surface area contributed by atoms with Crippen molar-refractivity contribution in [2.45, 2.75) is 19.4 Å². The van der Waals surface area contributed by atoms with Gasteiger partial charge in [-0.2, -0.15) is 0 Å². The van der Waals surface area contributed by atoms with Crippen molar-refractivity contribution in [2.75, 3.05) is 0 Å². The Morgan fingerprint density at radius 3 is 2.75 bits per heavy atom. The summed E-state index contributed by atoms with van der Waals surface area (Å²) in [6, 6.07) is -0.517. The Balaban J connectivity index is 2.66. The second-order valence-electron chi connectivity index (χ2n) is 2.88. The minimum Gasteiger partial charge on any atom is -0.335 e. The minimum absolute atomic E-state index is 0.107. The number of carbonyl (C=O) groups excluding carboxylic acids is 2. The van der Waals surface area contributed by atoms with E-state index in [1.807, 2.05) is 6.92 Å². The second kappa shape index (κ2) is 3.38. The topological polar surface area (TPSA) is 58.2 Å². The van der Waals surface area contributed by atoms with Crippen LogP contribution in [-0.2, 0) is 4.79 Å². The molecule has 4 nitrogen and oxygen atoms in total. The third kappa shape index (κ3) is 1.64. The lowest BCUT2D eigenvalue weighted by molar-refractivity contribution is -0.125. The van der Waals surface area contributed by atoms with Crippen LogP contribution in [-0.4, -0.2) is 18.0 Å². The Morgan fingerprint density at radius 2 is 2.25 bits per heavy atom. The fraction of sp³-hybridized carbons (Fsp3) is 0.500. The molecule has 0 spiro atoms. The van der Waals surface area contributed by atoms with Crippen LogP contribution in [0.15, 0.2) is 12.7 Å². The van der Waals surface area contributed by atoms with Crippen molar-refractivity contribution in [3.05, 3.63) is 12.7 Å². The van der Waals surface area contributed by atoms with Crippen LogP contribution in [0.1, 0.15) is 13.3 Å². The van der Waals surface area contributed by atoms with Crippen molar-refractivity contribution >= 4 is 11.9 Å². The largest absolute Gasteiger partial charge is 0.335 e. The molecular weight excluding hydrogens is 156 g/mol. The molecule has 0 aromatic heterocycles. The van der Waals surface area contributed by atoms with Crippen molar-refractivity contribution in [2.24, 2.45) is 5.92 Å². The quantitative estimate of drug-likeness (QED) is 0.586. The number of nitrogens with one attached hydrogen (secondary N) is 2. The second-order valence-corrected chi connectivity index (χ2v) is 2.88. The van der Waals surface area contributed by atoms with Gasteiger partial charge in [-0.1, -0.05) is 6.08 Å². The zero-order chi connectivity index (χ0) is 9.14. The summed E-state index contributed by atoms with van der Waals surface area (Å²) in [4.78, 5) is 22.0. The van der Waals surface area contributed by atoms with Gasteiger partial charge in [0.1, 0.15) is 0 Å². The zero-order valence-electron chi connectivity index (χ0n) is 6.96. The summed E-state index contributed by atoms with van der Waals surface area (Å²) in [5.74, 6) is -0.397. The van der Waals surface area contributed by atoms with E-state index in [0.29, 0.717) is 6.42 Å². The molecule has 4 heteroatoms. The Bertz CT molecular complexity index is 225. The van der Waals surface area contributed by atoms with E-state index in [1.165, 1.54) is 0 Å². The molecule has 1 heterocycles. The molecule has 3 amide bonds. The van der Waals surface area contributed by atoms with Crippen molar-refractivity contribution < 1.29 is 9.59 Å². The molecule has 2 unspecified atom stereocenters. The lowest BCUT2D eigenvalue weighted by atomic mass is 9.95. The highest BCUT2D eigenvalue weighted by Crippen LogP contribution is 2.12. The maximum Gasteiger partial charge on any atom is 0.321 e. The zero-order valence-corrected chi connectivity index (χ0v) is 6.96. The van der Waals surface area contributed by atoms with Gasteiger partial charge in [-0.15, -0.1) is 6.58 Å². The van der Waals surface area contributed by atoms with Crippen molar-refractivity contribution in [3.63, 3.8) is 0 Å². The maximum atomic E-state index is 11.2. The number of hydrogen-bond acceptors (Lipinski definition) is 2. The average molecular weight is 168 g/mol. The van der Waals surface area contributed by atoms with Gasteiger partial charge in [0.15, 0.2) is 0 Å². The van der Waals surface area contributed by atoms with Gasteiger partial charge in [0.05, 0.1) is 5.92 Å². The summed E-state index contributed by atoms with van der Waals surface area (Å²) in [6.07, 6.45) is 2.27. The Kier molecular flexibility index (Phi) is 2.47. The van der Waals surface area contributed by atoms with Crippen LogP contribution in [0.5, 0.6) is 0 Å². The summed E-state index contributed by atoms with van der Waals surface area (Å²) >= 11 is 0. The lowest BCUT2D eigenvalue weighted by Crippen LogP contribution is -2.56. The van der Waals surface area contributed by atoms with Crippen LogP contribution in [0.25, 0.3) is 0 Å². The van der Waals surface area contributed by atoms with E-state index in [1.54, 1.807) is 6.08 Å². The third-order valence-electron chi connectivity index (χ3n) is 1.96. The van der Waals surface area contributed by atoms with E-state index in [2.05, 4.69) is 17.2 Å². The standard InChI is InChI=1S/C8H12N2O2/c1-3-4-6-5(2)9-8(12)10-7(6)11/h3,5-6H,1,4H2,2H3,(H2,9,10,11,12). The van der Waals surface area contributed by atoms with Crippen LogP contribution in [0, 0.1) is 5.92 Å². The van der Waals surface area contributed by atoms with Crippen LogP contribution in [0.2, 0.25) is 0 Å². The minimum atomic E-state index is -0.409. The van der Waals surface area contributed by atoms with Gasteiger partial charge >= 0.3 is 6.03 Å². The molecule has 0 saturated carbocycles. The molecule has 0 aromatic rings. The highest BCUT2D eigenvalue weighted by Gasteiger charge is 2.30. The molecule has 12 heavy (non-hydrogen) atoms. The molecule has 0 bridgehead atoms. The van der Waals surface area contributed by atoms with Gasteiger partial charge in [0, 0.05) is 6.04 Å². The molecule has 2 atom stereocenters. The number of rotatable bonds is 2. The van der Waals surface area contributed by atoms with E-state index < -0.39 is 6.03 Å². The molecule has 1 fully saturated rings. The number of amides is 3. The summed E-state index contributed by atoms with van der Waals surface area (Å²) in [7, 11) is 0. The SMILES string of the molecule is C=CCC1C(=O)NC(=O)NC1C. The summed E-state index contributed by atoms with van der Waals surface area (Å²) in [5.41, 5.74) is 0. The summed E-state index contributed by atoms with van der Waals surface area (Å²) < 4.78 is 0. The van der Waals surface area contributed by atoms with Crippen molar-refractivity contribution in [1.29, 1.82) is 0 Å². The molecule has 1 aliphatic rings. The van der Waals surface area contributed by atoms with Crippen LogP contribution >= 0.6 is 0 Å². The predicted molar refractivity (Wildman–Crippen MR) is 44.4 cm³/mol. The van der Waals surface area contributed by atoms with Crippen molar-refractivity contribution in [1.82, 2.24) is 10.6 Å². The highest BCUT2D eigenvalue weighted by atomic mass is 16.2. The highest BCUT2D eigenvalue weighted by molar-refractivity contribution is 5.98. The fourth-order valence-electron chi connectivity index (χ4n) is 1.27. The fourth-order valence-corrected chi connectivity index (χ4v) is 1.27.